The summed E-state index contributed by atoms with van der Waals surface area (Å²) in [6.45, 7) is 12.2. The Kier molecular flexibility index (Phi) is 3.15. The standard InChI is InChI=1S/C11H24FN3Si/c1-10(2,3)14-8-9-15(11(4,5)6)16(14,12)13-7/h8-9,13H,1-7H3. The highest BCUT2D eigenvalue weighted by atomic mass is 28.4. The summed E-state index contributed by atoms with van der Waals surface area (Å²) in [5.74, 6) is 0. The molecule has 1 rings (SSSR count). The SMILES string of the molecule is CN[Si]1(F)N(C(C)(C)C)C=CN1C(C)(C)C. The van der Waals surface area contributed by atoms with Crippen molar-refractivity contribution in [1.82, 2.24) is 14.1 Å². The summed E-state index contributed by atoms with van der Waals surface area (Å²) in [6, 6.07) is 0. The van der Waals surface area contributed by atoms with Gasteiger partial charge in [0.05, 0.1) is 0 Å². The van der Waals surface area contributed by atoms with Crippen LogP contribution >= 0.6 is 0 Å². The Hall–Kier alpha value is -0.553. The van der Waals surface area contributed by atoms with Gasteiger partial charge in [-0.1, -0.05) is 0 Å². The molecule has 0 aliphatic carbocycles. The third-order valence-electron chi connectivity index (χ3n) is 2.77. The topological polar surface area (TPSA) is 18.5 Å². The predicted octanol–water partition coefficient (Wildman–Crippen LogP) is 2.30. The van der Waals surface area contributed by atoms with Crippen LogP contribution in [0.2, 0.25) is 0 Å². The summed E-state index contributed by atoms with van der Waals surface area (Å²) >= 11 is 0. The highest BCUT2D eigenvalue weighted by Gasteiger charge is 2.56. The average Bonchev–Trinajstić information content (AvgIpc) is 2.42. The molecule has 94 valence electrons. The first-order valence-electron chi connectivity index (χ1n) is 5.68. The van der Waals surface area contributed by atoms with Crippen molar-refractivity contribution in [1.29, 1.82) is 0 Å². The van der Waals surface area contributed by atoms with Gasteiger partial charge in [0.1, 0.15) is 0 Å². The van der Waals surface area contributed by atoms with Crippen LogP contribution in [0.15, 0.2) is 12.4 Å². The lowest BCUT2D eigenvalue weighted by molar-refractivity contribution is 0.223. The normalized spacial score (nSPS) is 20.8. The molecule has 0 aromatic heterocycles. The monoisotopic (exact) mass is 245 g/mol. The maximum atomic E-state index is 15.2. The van der Waals surface area contributed by atoms with Gasteiger partial charge in [-0.3, -0.25) is 4.98 Å². The Bertz CT molecular complexity index is 267. The van der Waals surface area contributed by atoms with Crippen molar-refractivity contribution in [3.8, 4) is 0 Å². The summed E-state index contributed by atoms with van der Waals surface area (Å²) in [5.41, 5.74) is -0.416. The lowest BCUT2D eigenvalue weighted by Crippen LogP contribution is -2.71. The fraction of sp³-hybridized carbons (Fsp3) is 0.818. The van der Waals surface area contributed by atoms with Gasteiger partial charge >= 0.3 is 8.89 Å². The van der Waals surface area contributed by atoms with E-state index in [1.165, 1.54) is 0 Å². The van der Waals surface area contributed by atoms with Crippen molar-refractivity contribution in [3.63, 3.8) is 0 Å². The minimum Gasteiger partial charge on any atom is -0.344 e. The van der Waals surface area contributed by atoms with Crippen LogP contribution in [0.3, 0.4) is 0 Å². The van der Waals surface area contributed by atoms with E-state index in [0.29, 0.717) is 0 Å². The second-order valence-electron chi connectivity index (χ2n) is 6.22. The maximum Gasteiger partial charge on any atom is 0.548 e. The lowest BCUT2D eigenvalue weighted by Gasteiger charge is -2.46. The van der Waals surface area contributed by atoms with Crippen LogP contribution in [0.1, 0.15) is 41.5 Å². The van der Waals surface area contributed by atoms with Gasteiger partial charge < -0.3 is 9.13 Å². The summed E-state index contributed by atoms with van der Waals surface area (Å²) in [4.78, 5) is 2.92. The van der Waals surface area contributed by atoms with Crippen LogP contribution in [0, 0.1) is 0 Å². The van der Waals surface area contributed by atoms with Crippen LogP contribution in [0.4, 0.5) is 4.11 Å². The zero-order valence-corrected chi connectivity index (χ0v) is 12.4. The van der Waals surface area contributed by atoms with Gasteiger partial charge in [-0.05, 0) is 48.6 Å². The van der Waals surface area contributed by atoms with Gasteiger partial charge in [0.15, 0.2) is 0 Å². The van der Waals surface area contributed by atoms with Crippen molar-refractivity contribution in [2.24, 2.45) is 0 Å². The average molecular weight is 245 g/mol. The number of hydrogen-bond donors (Lipinski definition) is 1. The van der Waals surface area contributed by atoms with Gasteiger partial charge in [-0.2, -0.15) is 0 Å². The van der Waals surface area contributed by atoms with E-state index < -0.39 is 8.89 Å². The molecule has 0 radical (unpaired) electrons. The second-order valence-corrected chi connectivity index (χ2v) is 8.85. The zero-order chi connectivity index (χ0) is 12.8. The smallest absolute Gasteiger partial charge is 0.344 e. The number of nitrogens with zero attached hydrogens (tertiary/aromatic N) is 2. The van der Waals surface area contributed by atoms with E-state index in [0.717, 1.165) is 0 Å². The number of halogens is 1. The van der Waals surface area contributed by atoms with Crippen LogP contribution in [-0.4, -0.2) is 36.1 Å². The summed E-state index contributed by atoms with van der Waals surface area (Å²) < 4.78 is 18.9. The van der Waals surface area contributed by atoms with E-state index in [1.807, 2.05) is 63.1 Å². The molecule has 0 saturated carbocycles. The third-order valence-corrected chi connectivity index (χ3v) is 6.32. The number of nitrogens with one attached hydrogen (secondary N) is 1. The molecule has 1 aliphatic rings. The molecule has 1 heterocycles. The van der Waals surface area contributed by atoms with Crippen molar-refractivity contribution in [3.05, 3.63) is 12.4 Å². The Balaban J connectivity index is 3.10. The minimum absolute atomic E-state index is 0.208. The first-order chi connectivity index (χ1) is 7.03. The number of rotatable bonds is 1. The molecule has 0 saturated heterocycles. The highest BCUT2D eigenvalue weighted by Crippen LogP contribution is 2.34. The van der Waals surface area contributed by atoms with Gasteiger partial charge in [-0.15, -0.1) is 0 Å². The van der Waals surface area contributed by atoms with Gasteiger partial charge in [0, 0.05) is 23.5 Å². The largest absolute Gasteiger partial charge is 0.548 e. The van der Waals surface area contributed by atoms with Crippen molar-refractivity contribution in [2.75, 3.05) is 7.05 Å². The Morgan fingerprint density at radius 1 is 0.938 bits per heavy atom. The van der Waals surface area contributed by atoms with E-state index in [-0.39, 0.29) is 11.1 Å². The van der Waals surface area contributed by atoms with E-state index in [1.54, 1.807) is 7.05 Å². The third kappa shape index (κ3) is 2.11. The molecule has 0 atom stereocenters. The first-order valence-corrected chi connectivity index (χ1v) is 7.46. The molecule has 16 heavy (non-hydrogen) atoms. The molecule has 1 aliphatic heterocycles. The predicted molar refractivity (Wildman–Crippen MR) is 68.2 cm³/mol. The van der Waals surface area contributed by atoms with Gasteiger partial charge in [0.25, 0.3) is 0 Å². The molecule has 0 aromatic carbocycles. The molecule has 0 amide bonds. The second kappa shape index (κ2) is 3.73. The molecule has 0 spiro atoms. The van der Waals surface area contributed by atoms with Crippen molar-refractivity contribution >= 4 is 8.89 Å². The quantitative estimate of drug-likeness (QED) is 0.565. The Morgan fingerprint density at radius 3 is 1.44 bits per heavy atom. The fourth-order valence-corrected chi connectivity index (χ4v) is 5.04. The molecule has 3 nitrogen and oxygen atoms in total. The summed E-state index contributed by atoms with van der Waals surface area (Å²) in [5, 5.41) is 0. The van der Waals surface area contributed by atoms with Crippen molar-refractivity contribution in [2.45, 2.75) is 52.6 Å². The molecule has 1 N–H and O–H groups in total. The summed E-state index contributed by atoms with van der Waals surface area (Å²) in [7, 11) is -1.58. The van der Waals surface area contributed by atoms with E-state index >= 15 is 4.11 Å². The van der Waals surface area contributed by atoms with Gasteiger partial charge in [-0.25, -0.2) is 4.11 Å². The Morgan fingerprint density at radius 2 is 1.25 bits per heavy atom. The van der Waals surface area contributed by atoms with Crippen LogP contribution in [-0.2, 0) is 0 Å². The van der Waals surface area contributed by atoms with E-state index in [2.05, 4.69) is 4.98 Å². The van der Waals surface area contributed by atoms with Crippen LogP contribution in [0.5, 0.6) is 0 Å². The van der Waals surface area contributed by atoms with Crippen LogP contribution < -0.4 is 4.98 Å². The van der Waals surface area contributed by atoms with E-state index in [9.17, 15) is 0 Å². The number of hydrogen-bond acceptors (Lipinski definition) is 3. The van der Waals surface area contributed by atoms with Crippen molar-refractivity contribution < 1.29 is 4.11 Å². The first kappa shape index (κ1) is 13.5. The Labute approximate surface area is 99.7 Å². The fourth-order valence-electron chi connectivity index (χ4n) is 2.02. The maximum absolute atomic E-state index is 15.2. The summed E-state index contributed by atoms with van der Waals surface area (Å²) in [6.07, 6.45) is 3.74. The molecule has 0 bridgehead atoms. The molecular formula is C11H24FN3Si. The highest BCUT2D eigenvalue weighted by molar-refractivity contribution is 6.66. The molecule has 5 heteroatoms. The van der Waals surface area contributed by atoms with Gasteiger partial charge in [0.2, 0.25) is 0 Å². The zero-order valence-electron chi connectivity index (χ0n) is 11.4. The molecular weight excluding hydrogens is 221 g/mol. The molecule has 0 fully saturated rings. The minimum atomic E-state index is -3.28. The lowest BCUT2D eigenvalue weighted by atomic mass is 10.1. The van der Waals surface area contributed by atoms with Crippen LogP contribution in [0.25, 0.3) is 0 Å². The molecule has 0 unspecified atom stereocenters. The van der Waals surface area contributed by atoms with E-state index in [4.69, 9.17) is 0 Å². The molecule has 0 aromatic rings.